The summed E-state index contributed by atoms with van der Waals surface area (Å²) in [6, 6.07) is 0. The average Bonchev–Trinajstić information content (AvgIpc) is 2.55. The summed E-state index contributed by atoms with van der Waals surface area (Å²) in [5.41, 5.74) is -0.643. The minimum Gasteiger partial charge on any atom is -0.271 e. The summed E-state index contributed by atoms with van der Waals surface area (Å²) in [7, 11) is -3.19. The lowest BCUT2D eigenvalue weighted by atomic mass is 9.92. The molecule has 0 radical (unpaired) electrons. The third-order valence-corrected chi connectivity index (χ3v) is 5.45. The van der Waals surface area contributed by atoms with Gasteiger partial charge in [0, 0.05) is 19.5 Å². The van der Waals surface area contributed by atoms with Crippen molar-refractivity contribution in [2.24, 2.45) is 0 Å². The highest BCUT2D eigenvalue weighted by atomic mass is 31.2. The van der Waals surface area contributed by atoms with E-state index in [0.29, 0.717) is 0 Å². The van der Waals surface area contributed by atoms with Crippen molar-refractivity contribution in [3.63, 3.8) is 0 Å². The highest BCUT2D eigenvalue weighted by molar-refractivity contribution is 7.50. The predicted molar refractivity (Wildman–Crippen MR) is 57.7 cm³/mol. The van der Waals surface area contributed by atoms with E-state index in [1.165, 1.54) is 0 Å². The van der Waals surface area contributed by atoms with Crippen molar-refractivity contribution in [1.82, 2.24) is 4.90 Å². The Kier molecular flexibility index (Phi) is 2.30. The molecule has 1 unspecified atom stereocenters. The second-order valence-corrected chi connectivity index (χ2v) is 6.34. The van der Waals surface area contributed by atoms with Gasteiger partial charge in [-0.15, -0.1) is 0 Å². The van der Waals surface area contributed by atoms with Gasteiger partial charge in [0.05, 0.1) is 0 Å². The van der Waals surface area contributed by atoms with E-state index >= 15 is 0 Å². The summed E-state index contributed by atoms with van der Waals surface area (Å²) < 4.78 is 28.1. The van der Waals surface area contributed by atoms with Crippen molar-refractivity contribution < 1.29 is 18.1 Å². The summed E-state index contributed by atoms with van der Waals surface area (Å²) in [5, 5.41) is 0. The molecule has 4 saturated heterocycles. The molecule has 1 spiro atoms. The lowest BCUT2D eigenvalue weighted by molar-refractivity contribution is -0.270. The molecular formula is C10H18NO4P. The molecule has 0 N–H and O–H groups in total. The second-order valence-electron chi connectivity index (χ2n) is 4.90. The van der Waals surface area contributed by atoms with E-state index < -0.39 is 19.3 Å². The molecule has 4 fully saturated rings. The van der Waals surface area contributed by atoms with E-state index in [9.17, 15) is 4.57 Å². The topological polar surface area (TPSA) is 48.0 Å². The molecule has 0 aromatic carbocycles. The van der Waals surface area contributed by atoms with Crippen molar-refractivity contribution in [1.29, 1.82) is 0 Å². The number of hydrogen-bond donors (Lipinski definition) is 0. The quantitative estimate of drug-likeness (QED) is 0.717. The largest absolute Gasteiger partial charge is 0.482 e. The van der Waals surface area contributed by atoms with Gasteiger partial charge in [0.15, 0.2) is 5.72 Å². The minimum atomic E-state index is -3.19. The lowest BCUT2D eigenvalue weighted by Gasteiger charge is -2.48. The number of likely N-dealkylation sites (tertiary alicyclic amines) is 1. The Morgan fingerprint density at radius 3 is 2.81 bits per heavy atom. The predicted octanol–water partition coefficient (Wildman–Crippen LogP) is 2.48. The molecule has 6 heteroatoms. The molecule has 5 nitrogen and oxygen atoms in total. The standard InChI is InChI=1S/C10H18NO4P/c1-3-4-7-11-8-5-6-10-9(11,2)13-16(12,14-10)15-10/h3-8H2,1-2H3. The Labute approximate surface area is 95.7 Å². The molecule has 4 aliphatic heterocycles. The van der Waals surface area contributed by atoms with Crippen LogP contribution in [0.15, 0.2) is 0 Å². The molecule has 0 saturated carbocycles. The highest BCUT2D eigenvalue weighted by Gasteiger charge is 2.79. The van der Waals surface area contributed by atoms with Crippen LogP contribution in [0.2, 0.25) is 0 Å². The van der Waals surface area contributed by atoms with E-state index in [2.05, 4.69) is 11.8 Å². The van der Waals surface area contributed by atoms with Gasteiger partial charge in [0.1, 0.15) is 0 Å². The first-order valence-electron chi connectivity index (χ1n) is 6.01. The molecule has 4 aliphatic rings. The molecule has 4 rings (SSSR count). The van der Waals surface area contributed by atoms with E-state index in [4.69, 9.17) is 13.6 Å². The maximum absolute atomic E-state index is 11.8. The normalized spacial score (nSPS) is 51.1. The van der Waals surface area contributed by atoms with Gasteiger partial charge in [-0.1, -0.05) is 13.3 Å². The van der Waals surface area contributed by atoms with Gasteiger partial charge in [-0.25, -0.2) is 13.6 Å². The van der Waals surface area contributed by atoms with Crippen molar-refractivity contribution in [2.45, 2.75) is 51.0 Å². The number of rotatable bonds is 3. The molecular weight excluding hydrogens is 229 g/mol. The molecule has 1 atom stereocenters. The van der Waals surface area contributed by atoms with Crippen LogP contribution in [0.1, 0.15) is 39.5 Å². The van der Waals surface area contributed by atoms with Crippen LogP contribution in [0.3, 0.4) is 0 Å². The summed E-state index contributed by atoms with van der Waals surface area (Å²) in [6.45, 7) is 6.01. The number of piperidine rings is 1. The van der Waals surface area contributed by atoms with Crippen LogP contribution in [-0.2, 0) is 18.1 Å². The first kappa shape index (κ1) is 11.2. The van der Waals surface area contributed by atoms with E-state index in [-0.39, 0.29) is 0 Å². The average molecular weight is 247 g/mol. The van der Waals surface area contributed by atoms with Gasteiger partial charge in [-0.2, -0.15) is 0 Å². The van der Waals surface area contributed by atoms with Crippen LogP contribution in [0.25, 0.3) is 0 Å². The Morgan fingerprint density at radius 2 is 2.12 bits per heavy atom. The minimum absolute atomic E-state index is 0.643. The van der Waals surface area contributed by atoms with Gasteiger partial charge in [0.2, 0.25) is 5.79 Å². The van der Waals surface area contributed by atoms with Crippen LogP contribution >= 0.6 is 7.82 Å². The van der Waals surface area contributed by atoms with Crippen molar-refractivity contribution in [2.75, 3.05) is 13.1 Å². The Hall–Kier alpha value is 0.0700. The van der Waals surface area contributed by atoms with E-state index in [1.54, 1.807) is 0 Å². The summed E-state index contributed by atoms with van der Waals surface area (Å²) in [5.74, 6) is -0.755. The van der Waals surface area contributed by atoms with E-state index in [1.807, 2.05) is 6.92 Å². The number of phosphoric ester groups is 1. The van der Waals surface area contributed by atoms with Gasteiger partial charge < -0.3 is 0 Å². The molecule has 16 heavy (non-hydrogen) atoms. The fourth-order valence-corrected chi connectivity index (χ4v) is 4.90. The third-order valence-electron chi connectivity index (χ3n) is 3.83. The van der Waals surface area contributed by atoms with Gasteiger partial charge in [0.25, 0.3) is 0 Å². The zero-order chi connectivity index (χ0) is 11.4. The highest BCUT2D eigenvalue weighted by Crippen LogP contribution is 2.79. The lowest BCUT2D eigenvalue weighted by Crippen LogP contribution is -2.64. The zero-order valence-electron chi connectivity index (χ0n) is 9.77. The van der Waals surface area contributed by atoms with Crippen LogP contribution in [-0.4, -0.2) is 29.5 Å². The molecule has 2 bridgehead atoms. The number of unbranched alkanes of at least 4 members (excludes halogenated alkanes) is 1. The number of hydrogen-bond acceptors (Lipinski definition) is 5. The van der Waals surface area contributed by atoms with Gasteiger partial charge >= 0.3 is 7.82 Å². The number of nitrogens with zero attached hydrogens (tertiary/aromatic N) is 1. The third kappa shape index (κ3) is 1.24. The zero-order valence-corrected chi connectivity index (χ0v) is 10.7. The summed E-state index contributed by atoms with van der Waals surface area (Å²) in [4.78, 5) is 2.21. The Bertz CT molecular complexity index is 351. The first-order chi connectivity index (χ1) is 7.54. The molecule has 0 aliphatic carbocycles. The fraction of sp³-hybridized carbons (Fsp3) is 1.00. The second kappa shape index (κ2) is 3.30. The van der Waals surface area contributed by atoms with Crippen LogP contribution in [0.5, 0.6) is 0 Å². The molecule has 4 heterocycles. The Morgan fingerprint density at radius 1 is 1.38 bits per heavy atom. The monoisotopic (exact) mass is 247 g/mol. The molecule has 92 valence electrons. The maximum Gasteiger partial charge on any atom is 0.482 e. The van der Waals surface area contributed by atoms with Crippen LogP contribution in [0, 0.1) is 0 Å². The maximum atomic E-state index is 11.8. The SMILES string of the molecule is CCCCN1CCCC23OP(=O)(O2)OC13C. The molecule has 0 amide bonds. The first-order valence-corrected chi connectivity index (χ1v) is 7.47. The van der Waals surface area contributed by atoms with E-state index in [0.717, 1.165) is 38.8 Å². The molecule has 0 aromatic heterocycles. The smallest absolute Gasteiger partial charge is 0.271 e. The molecule has 0 aromatic rings. The van der Waals surface area contributed by atoms with Crippen LogP contribution < -0.4 is 0 Å². The van der Waals surface area contributed by atoms with Crippen molar-refractivity contribution in [3.8, 4) is 0 Å². The van der Waals surface area contributed by atoms with Gasteiger partial charge in [-0.05, 0) is 19.8 Å². The summed E-state index contributed by atoms with van der Waals surface area (Å²) >= 11 is 0. The summed E-state index contributed by atoms with van der Waals surface area (Å²) in [6.07, 6.45) is 4.02. The van der Waals surface area contributed by atoms with Gasteiger partial charge in [-0.3, -0.25) is 9.42 Å². The fourth-order valence-electron chi connectivity index (χ4n) is 2.87. The van der Waals surface area contributed by atoms with Crippen molar-refractivity contribution in [3.05, 3.63) is 0 Å². The Balaban J connectivity index is 1.85. The number of phosphoric acid groups is 1. The van der Waals surface area contributed by atoms with Crippen LogP contribution in [0.4, 0.5) is 0 Å². The van der Waals surface area contributed by atoms with Crippen molar-refractivity contribution >= 4 is 7.82 Å².